The number of benzene rings is 3. The first-order valence-corrected chi connectivity index (χ1v) is 7.63. The summed E-state index contributed by atoms with van der Waals surface area (Å²) in [6.07, 6.45) is 1.13. The van der Waals surface area contributed by atoms with Gasteiger partial charge in [0.25, 0.3) is 0 Å². The second-order valence-electron chi connectivity index (χ2n) is 5.67. The zero-order valence-electron chi connectivity index (χ0n) is 12.3. The third kappa shape index (κ3) is 2.56. The summed E-state index contributed by atoms with van der Waals surface area (Å²) in [5.74, 6) is 0. The molecule has 0 atom stereocenters. The molecule has 1 aliphatic rings. The summed E-state index contributed by atoms with van der Waals surface area (Å²) in [7, 11) is 0. The van der Waals surface area contributed by atoms with Gasteiger partial charge in [0, 0.05) is 0 Å². The van der Waals surface area contributed by atoms with E-state index in [4.69, 9.17) is 0 Å². The lowest BCUT2D eigenvalue weighted by atomic mass is 10.0. The van der Waals surface area contributed by atoms with Gasteiger partial charge in [0.2, 0.25) is 0 Å². The molecule has 0 aliphatic carbocycles. The van der Waals surface area contributed by atoms with E-state index < -0.39 is 0 Å². The van der Waals surface area contributed by atoms with Crippen molar-refractivity contribution in [2.75, 3.05) is 10.6 Å². The van der Waals surface area contributed by atoms with Crippen LogP contribution in [0, 0.1) is 0 Å². The van der Waals surface area contributed by atoms with Gasteiger partial charge >= 0.3 is 0 Å². The van der Waals surface area contributed by atoms with Crippen molar-refractivity contribution in [3.63, 3.8) is 0 Å². The molecule has 0 fully saturated rings. The van der Waals surface area contributed by atoms with Crippen LogP contribution < -0.4 is 10.6 Å². The van der Waals surface area contributed by atoms with Crippen molar-refractivity contribution < 1.29 is 0 Å². The highest BCUT2D eigenvalue weighted by Crippen LogP contribution is 2.34. The van der Waals surface area contributed by atoms with Gasteiger partial charge in [-0.3, -0.25) is 0 Å². The summed E-state index contributed by atoms with van der Waals surface area (Å²) < 4.78 is 0. The summed E-state index contributed by atoms with van der Waals surface area (Å²) in [6.45, 7) is 0. The lowest BCUT2D eigenvalue weighted by molar-refractivity contribution is 0.939. The number of hydrogen-bond acceptors (Lipinski definition) is 2. The second kappa shape index (κ2) is 5.57. The standard InChI is InChI=1S/C20H18N2/c1-2-6-15(7-3-1)14-16-10-12-17(13-11-16)20-21-18-8-4-5-9-19(18)22-20/h1-13,20-22H,14H2. The average molecular weight is 286 g/mol. The van der Waals surface area contributed by atoms with E-state index in [9.17, 15) is 0 Å². The first-order valence-electron chi connectivity index (χ1n) is 7.63. The highest BCUT2D eigenvalue weighted by atomic mass is 15.2. The largest absolute Gasteiger partial charge is 0.360 e. The Morgan fingerprint density at radius 3 is 1.77 bits per heavy atom. The summed E-state index contributed by atoms with van der Waals surface area (Å²) >= 11 is 0. The van der Waals surface area contributed by atoms with Crippen molar-refractivity contribution >= 4 is 11.4 Å². The number of nitrogens with one attached hydrogen (secondary N) is 2. The molecule has 0 aromatic heterocycles. The van der Waals surface area contributed by atoms with Crippen molar-refractivity contribution in [3.05, 3.63) is 95.6 Å². The van der Waals surface area contributed by atoms with Crippen LogP contribution in [0.3, 0.4) is 0 Å². The number of hydrogen-bond donors (Lipinski definition) is 2. The van der Waals surface area contributed by atoms with Gasteiger partial charge in [0.1, 0.15) is 6.17 Å². The molecule has 1 aliphatic heterocycles. The van der Waals surface area contributed by atoms with E-state index in [1.54, 1.807) is 0 Å². The average Bonchev–Trinajstić information content (AvgIpc) is 3.00. The van der Waals surface area contributed by atoms with Crippen LogP contribution in [0.15, 0.2) is 78.9 Å². The third-order valence-corrected chi connectivity index (χ3v) is 4.09. The normalized spacial score (nSPS) is 13.3. The lowest BCUT2D eigenvalue weighted by Crippen LogP contribution is -2.11. The number of para-hydroxylation sites is 2. The van der Waals surface area contributed by atoms with E-state index in [-0.39, 0.29) is 6.17 Å². The molecule has 22 heavy (non-hydrogen) atoms. The summed E-state index contributed by atoms with van der Waals surface area (Å²) in [5, 5.41) is 7.02. The molecule has 0 saturated carbocycles. The molecule has 3 aromatic rings. The van der Waals surface area contributed by atoms with Crippen LogP contribution in [0.25, 0.3) is 0 Å². The molecule has 3 aromatic carbocycles. The van der Waals surface area contributed by atoms with Crippen molar-refractivity contribution in [1.29, 1.82) is 0 Å². The topological polar surface area (TPSA) is 24.1 Å². The van der Waals surface area contributed by atoms with Crippen LogP contribution in [0.2, 0.25) is 0 Å². The minimum absolute atomic E-state index is 0.156. The maximum Gasteiger partial charge on any atom is 0.123 e. The monoisotopic (exact) mass is 286 g/mol. The Morgan fingerprint density at radius 1 is 0.591 bits per heavy atom. The summed E-state index contributed by atoms with van der Waals surface area (Å²) in [4.78, 5) is 0. The Morgan fingerprint density at radius 2 is 1.14 bits per heavy atom. The van der Waals surface area contributed by atoms with Crippen LogP contribution in [-0.2, 0) is 6.42 Å². The molecule has 2 nitrogen and oxygen atoms in total. The van der Waals surface area contributed by atoms with Crippen molar-refractivity contribution in [3.8, 4) is 0 Å². The fourth-order valence-corrected chi connectivity index (χ4v) is 2.91. The van der Waals surface area contributed by atoms with Gasteiger partial charge < -0.3 is 10.6 Å². The van der Waals surface area contributed by atoms with E-state index in [0.29, 0.717) is 0 Å². The summed E-state index contributed by atoms with van der Waals surface area (Å²) in [6, 6.07) is 27.7. The molecule has 0 radical (unpaired) electrons. The Hall–Kier alpha value is -2.74. The van der Waals surface area contributed by atoms with E-state index in [0.717, 1.165) is 6.42 Å². The number of anilines is 2. The first kappa shape index (κ1) is 13.0. The number of rotatable bonds is 3. The van der Waals surface area contributed by atoms with Crippen LogP contribution in [-0.4, -0.2) is 0 Å². The van der Waals surface area contributed by atoms with Gasteiger partial charge in [0.05, 0.1) is 11.4 Å². The van der Waals surface area contributed by atoms with Gasteiger partial charge in [-0.2, -0.15) is 0 Å². The Kier molecular flexibility index (Phi) is 3.28. The molecule has 2 heteroatoms. The fourth-order valence-electron chi connectivity index (χ4n) is 2.91. The zero-order chi connectivity index (χ0) is 14.8. The maximum atomic E-state index is 3.51. The summed E-state index contributed by atoms with van der Waals surface area (Å²) in [5.41, 5.74) is 6.28. The minimum Gasteiger partial charge on any atom is -0.360 e. The smallest absolute Gasteiger partial charge is 0.123 e. The Bertz CT molecular complexity index is 738. The number of fused-ring (bicyclic) bond motifs is 1. The lowest BCUT2D eigenvalue weighted by Gasteiger charge is -2.13. The van der Waals surface area contributed by atoms with Gasteiger partial charge in [0.15, 0.2) is 0 Å². The van der Waals surface area contributed by atoms with Crippen LogP contribution in [0.5, 0.6) is 0 Å². The van der Waals surface area contributed by atoms with Gasteiger partial charge in [-0.15, -0.1) is 0 Å². The highest BCUT2D eigenvalue weighted by Gasteiger charge is 2.19. The van der Waals surface area contributed by atoms with Crippen molar-refractivity contribution in [2.24, 2.45) is 0 Å². The molecule has 0 saturated heterocycles. The van der Waals surface area contributed by atoms with E-state index >= 15 is 0 Å². The predicted octanol–water partition coefficient (Wildman–Crippen LogP) is 4.81. The minimum atomic E-state index is 0.156. The van der Waals surface area contributed by atoms with Crippen molar-refractivity contribution in [2.45, 2.75) is 12.6 Å². The van der Waals surface area contributed by atoms with Gasteiger partial charge in [-0.25, -0.2) is 0 Å². The molecule has 0 bridgehead atoms. The van der Waals surface area contributed by atoms with Crippen LogP contribution in [0.4, 0.5) is 11.4 Å². The third-order valence-electron chi connectivity index (χ3n) is 4.09. The molecular formula is C20H18N2. The SMILES string of the molecule is c1ccc(Cc2ccc(C3Nc4ccccc4N3)cc2)cc1. The predicted molar refractivity (Wildman–Crippen MR) is 92.1 cm³/mol. The van der Waals surface area contributed by atoms with Crippen molar-refractivity contribution in [1.82, 2.24) is 0 Å². The zero-order valence-corrected chi connectivity index (χ0v) is 12.3. The first-order chi connectivity index (χ1) is 10.9. The highest BCUT2D eigenvalue weighted by molar-refractivity contribution is 5.74. The van der Waals surface area contributed by atoms with E-state index in [1.807, 2.05) is 0 Å². The van der Waals surface area contributed by atoms with E-state index in [2.05, 4.69) is 89.5 Å². The molecule has 0 unspecified atom stereocenters. The Balaban J connectivity index is 1.49. The van der Waals surface area contributed by atoms with E-state index in [1.165, 1.54) is 28.1 Å². The quantitative estimate of drug-likeness (QED) is 0.721. The maximum absolute atomic E-state index is 3.51. The molecule has 4 rings (SSSR count). The second-order valence-corrected chi connectivity index (χ2v) is 5.67. The molecule has 0 amide bonds. The van der Waals surface area contributed by atoms with Gasteiger partial charge in [-0.1, -0.05) is 66.7 Å². The fraction of sp³-hybridized carbons (Fsp3) is 0.100. The molecule has 2 N–H and O–H groups in total. The molecule has 108 valence electrons. The molecule has 1 heterocycles. The molecular weight excluding hydrogens is 268 g/mol. The van der Waals surface area contributed by atoms with Crippen LogP contribution in [0.1, 0.15) is 22.9 Å². The van der Waals surface area contributed by atoms with Gasteiger partial charge in [-0.05, 0) is 35.2 Å². The Labute approximate surface area is 130 Å². The van der Waals surface area contributed by atoms with Crippen LogP contribution >= 0.6 is 0 Å². The molecule has 0 spiro atoms.